The molecule has 3 heteroatoms. The molecule has 2 aromatic heterocycles. The Hall–Kier alpha value is -7.36. The first-order valence-corrected chi connectivity index (χ1v) is 18.7. The first-order valence-electron chi connectivity index (χ1n) is 18.7. The Labute approximate surface area is 317 Å². The molecule has 0 fully saturated rings. The Morgan fingerprint density at radius 1 is 0.327 bits per heavy atom. The first kappa shape index (κ1) is 31.2. The van der Waals surface area contributed by atoms with Crippen molar-refractivity contribution in [2.24, 2.45) is 0 Å². The number of hydrogen-bond donors (Lipinski definition) is 0. The van der Waals surface area contributed by atoms with Crippen molar-refractivity contribution in [3.8, 4) is 33.4 Å². The molecule has 0 unspecified atom stereocenters. The SMILES string of the molecule is c1ccc(-c2c(-c3ccc(N(c4cccc5c4oc4ccccc45)c4ccc(-c5ccccc5)c5oc6ccccc6c45)cc3)ccc3ccccc23)cc1. The molecule has 11 aromatic rings. The number of rotatable bonds is 6. The molecule has 3 nitrogen and oxygen atoms in total. The summed E-state index contributed by atoms with van der Waals surface area (Å²) in [4.78, 5) is 2.34. The predicted octanol–water partition coefficient (Wildman–Crippen LogP) is 15.1. The number of fused-ring (bicyclic) bond motifs is 7. The molecule has 0 saturated heterocycles. The third-order valence-corrected chi connectivity index (χ3v) is 10.9. The largest absolute Gasteiger partial charge is 0.455 e. The van der Waals surface area contributed by atoms with E-state index in [1.54, 1.807) is 0 Å². The summed E-state index contributed by atoms with van der Waals surface area (Å²) < 4.78 is 13.5. The van der Waals surface area contributed by atoms with E-state index >= 15 is 0 Å². The highest BCUT2D eigenvalue weighted by Crippen LogP contribution is 2.49. The maximum atomic E-state index is 6.75. The molecule has 2 heterocycles. The number of nitrogens with zero attached hydrogens (tertiary/aromatic N) is 1. The van der Waals surface area contributed by atoms with Gasteiger partial charge < -0.3 is 13.7 Å². The molecule has 0 aliphatic rings. The zero-order chi connectivity index (χ0) is 36.3. The van der Waals surface area contributed by atoms with Crippen LogP contribution in [0.5, 0.6) is 0 Å². The van der Waals surface area contributed by atoms with Crippen LogP contribution in [-0.2, 0) is 0 Å². The van der Waals surface area contributed by atoms with Crippen LogP contribution in [0.3, 0.4) is 0 Å². The summed E-state index contributed by atoms with van der Waals surface area (Å²) in [6.45, 7) is 0. The Balaban J connectivity index is 1.17. The van der Waals surface area contributed by atoms with Gasteiger partial charge >= 0.3 is 0 Å². The van der Waals surface area contributed by atoms with Gasteiger partial charge in [-0.2, -0.15) is 0 Å². The Kier molecular flexibility index (Phi) is 7.17. The lowest BCUT2D eigenvalue weighted by atomic mass is 9.89. The Bertz CT molecular complexity index is 3190. The van der Waals surface area contributed by atoms with Crippen molar-refractivity contribution in [3.05, 3.63) is 200 Å². The number of benzene rings is 9. The molecule has 0 amide bonds. The highest BCUT2D eigenvalue weighted by molar-refractivity contribution is 6.19. The molecular formula is C52H33NO2. The van der Waals surface area contributed by atoms with E-state index in [0.717, 1.165) is 77.6 Å². The van der Waals surface area contributed by atoms with Gasteiger partial charge in [-0.05, 0) is 81.1 Å². The van der Waals surface area contributed by atoms with Crippen LogP contribution in [0.2, 0.25) is 0 Å². The van der Waals surface area contributed by atoms with Crippen molar-refractivity contribution in [3.63, 3.8) is 0 Å². The highest BCUT2D eigenvalue weighted by atomic mass is 16.3. The third-order valence-electron chi connectivity index (χ3n) is 10.9. The zero-order valence-electron chi connectivity index (χ0n) is 29.8. The van der Waals surface area contributed by atoms with E-state index in [1.807, 2.05) is 24.3 Å². The van der Waals surface area contributed by atoms with Gasteiger partial charge in [0.05, 0.1) is 16.8 Å². The van der Waals surface area contributed by atoms with E-state index in [4.69, 9.17) is 8.83 Å². The molecule has 0 aliphatic carbocycles. The molecule has 0 saturated carbocycles. The van der Waals surface area contributed by atoms with E-state index in [-0.39, 0.29) is 0 Å². The van der Waals surface area contributed by atoms with Crippen molar-refractivity contribution in [2.45, 2.75) is 0 Å². The number of furan rings is 2. The Morgan fingerprint density at radius 2 is 0.909 bits per heavy atom. The lowest BCUT2D eigenvalue weighted by Gasteiger charge is -2.27. The van der Waals surface area contributed by atoms with Gasteiger partial charge in [-0.3, -0.25) is 0 Å². The summed E-state index contributed by atoms with van der Waals surface area (Å²) in [6, 6.07) is 70.8. The monoisotopic (exact) mass is 703 g/mol. The Morgan fingerprint density at radius 3 is 1.69 bits per heavy atom. The summed E-state index contributed by atoms with van der Waals surface area (Å²) in [5.74, 6) is 0. The molecule has 0 aliphatic heterocycles. The molecule has 9 aromatic carbocycles. The molecule has 0 spiro atoms. The normalized spacial score (nSPS) is 11.6. The topological polar surface area (TPSA) is 29.5 Å². The van der Waals surface area contributed by atoms with E-state index < -0.39 is 0 Å². The van der Waals surface area contributed by atoms with Crippen molar-refractivity contribution in [2.75, 3.05) is 4.90 Å². The first-order chi connectivity index (χ1) is 27.3. The van der Waals surface area contributed by atoms with E-state index in [2.05, 4.69) is 181 Å². The summed E-state index contributed by atoms with van der Waals surface area (Å²) in [6.07, 6.45) is 0. The van der Waals surface area contributed by atoms with Crippen LogP contribution >= 0.6 is 0 Å². The minimum Gasteiger partial charge on any atom is -0.455 e. The average molecular weight is 704 g/mol. The molecule has 11 rings (SSSR count). The molecule has 0 N–H and O–H groups in total. The summed E-state index contributed by atoms with van der Waals surface area (Å²) in [5.41, 5.74) is 13.3. The molecule has 0 bridgehead atoms. The van der Waals surface area contributed by atoms with Crippen LogP contribution in [0.4, 0.5) is 17.1 Å². The van der Waals surface area contributed by atoms with Crippen LogP contribution in [0.1, 0.15) is 0 Å². The average Bonchev–Trinajstić information content (AvgIpc) is 3.84. The van der Waals surface area contributed by atoms with Gasteiger partial charge in [-0.15, -0.1) is 0 Å². The van der Waals surface area contributed by atoms with Gasteiger partial charge in [-0.25, -0.2) is 0 Å². The van der Waals surface area contributed by atoms with Crippen molar-refractivity contribution in [1.82, 2.24) is 0 Å². The lowest BCUT2D eigenvalue weighted by molar-refractivity contribution is 0.668. The van der Waals surface area contributed by atoms with Crippen LogP contribution in [0.25, 0.3) is 88.0 Å². The van der Waals surface area contributed by atoms with Crippen LogP contribution in [0, 0.1) is 0 Å². The van der Waals surface area contributed by atoms with Crippen molar-refractivity contribution < 1.29 is 8.83 Å². The van der Waals surface area contributed by atoms with Crippen molar-refractivity contribution >= 4 is 71.7 Å². The fourth-order valence-corrected chi connectivity index (χ4v) is 8.38. The van der Waals surface area contributed by atoms with Gasteiger partial charge in [0.15, 0.2) is 5.58 Å². The van der Waals surface area contributed by atoms with Crippen LogP contribution in [-0.4, -0.2) is 0 Å². The van der Waals surface area contributed by atoms with Gasteiger partial charge in [0.2, 0.25) is 0 Å². The second-order valence-corrected chi connectivity index (χ2v) is 14.0. The van der Waals surface area contributed by atoms with E-state index in [0.29, 0.717) is 0 Å². The van der Waals surface area contributed by atoms with Crippen LogP contribution < -0.4 is 4.90 Å². The van der Waals surface area contributed by atoms with E-state index in [9.17, 15) is 0 Å². The highest BCUT2D eigenvalue weighted by Gasteiger charge is 2.25. The summed E-state index contributed by atoms with van der Waals surface area (Å²) in [5, 5.41) is 6.75. The number of para-hydroxylation sites is 3. The van der Waals surface area contributed by atoms with E-state index in [1.165, 1.54) is 27.5 Å². The minimum absolute atomic E-state index is 0.835. The maximum absolute atomic E-state index is 6.75. The standard InChI is InChI=1S/C52H33NO2/c1-3-14-34(15-4-1)41-32-33-45(50-44-21-10-12-25-48(44)55-52(41)50)53(46-23-13-22-43-42-20-9-11-24-47(42)54-51(43)46)38-29-26-36(27-30-38)40-31-28-35-16-7-8-19-39(35)49(40)37-17-5-2-6-18-37/h1-33H. The third kappa shape index (κ3) is 5.05. The van der Waals surface area contributed by atoms with Gasteiger partial charge in [-0.1, -0.05) is 158 Å². The lowest BCUT2D eigenvalue weighted by Crippen LogP contribution is -2.11. The van der Waals surface area contributed by atoms with Gasteiger partial charge in [0.1, 0.15) is 16.7 Å². The number of hydrogen-bond acceptors (Lipinski definition) is 3. The minimum atomic E-state index is 0.835. The predicted molar refractivity (Wildman–Crippen MR) is 229 cm³/mol. The zero-order valence-corrected chi connectivity index (χ0v) is 29.8. The fraction of sp³-hybridized carbons (Fsp3) is 0. The summed E-state index contributed by atoms with van der Waals surface area (Å²) >= 11 is 0. The van der Waals surface area contributed by atoms with Gasteiger partial charge in [0.25, 0.3) is 0 Å². The second kappa shape index (κ2) is 12.6. The molecule has 0 atom stereocenters. The fourth-order valence-electron chi connectivity index (χ4n) is 8.38. The molecule has 258 valence electrons. The van der Waals surface area contributed by atoms with Crippen molar-refractivity contribution in [1.29, 1.82) is 0 Å². The number of anilines is 3. The molecule has 0 radical (unpaired) electrons. The van der Waals surface area contributed by atoms with Gasteiger partial charge in [0, 0.05) is 27.4 Å². The van der Waals surface area contributed by atoms with Crippen LogP contribution in [0.15, 0.2) is 209 Å². The molecular weight excluding hydrogens is 671 g/mol. The summed E-state index contributed by atoms with van der Waals surface area (Å²) in [7, 11) is 0. The quantitative estimate of drug-likeness (QED) is 0.173. The maximum Gasteiger partial charge on any atom is 0.159 e. The second-order valence-electron chi connectivity index (χ2n) is 14.0. The molecule has 55 heavy (non-hydrogen) atoms. The smallest absolute Gasteiger partial charge is 0.159 e.